The number of amides is 1. The second kappa shape index (κ2) is 13.0. The van der Waals surface area contributed by atoms with Crippen molar-refractivity contribution >= 4 is 11.7 Å². The quantitative estimate of drug-likeness (QED) is 0.284. The van der Waals surface area contributed by atoms with Crippen molar-refractivity contribution in [2.75, 3.05) is 6.61 Å². The number of aromatic nitrogens is 1. The van der Waals surface area contributed by atoms with Crippen LogP contribution in [0, 0.1) is 0 Å². The van der Waals surface area contributed by atoms with Gasteiger partial charge in [-0.3, -0.25) is 0 Å². The fraction of sp³-hybridized carbons (Fsp3) is 0.500. The van der Waals surface area contributed by atoms with Crippen molar-refractivity contribution in [1.82, 2.24) is 5.32 Å². The summed E-state index contributed by atoms with van der Waals surface area (Å²) in [5.74, 6) is 0. The third-order valence-electron chi connectivity index (χ3n) is 5.81. The highest BCUT2D eigenvalue weighted by Crippen LogP contribution is 2.23. The molecule has 32 heavy (non-hydrogen) atoms. The molecule has 2 aromatic rings. The zero-order valence-electron chi connectivity index (χ0n) is 20.5. The zero-order chi connectivity index (χ0) is 23.4. The number of pyridine rings is 1. The van der Waals surface area contributed by atoms with E-state index < -0.39 is 11.6 Å². The molecule has 1 aromatic carbocycles. The molecule has 0 aliphatic rings. The highest BCUT2D eigenvalue weighted by atomic mass is 16.5. The topological polar surface area (TPSA) is 42.2 Å². The highest BCUT2D eigenvalue weighted by molar-refractivity contribution is 5.69. The average molecular weight is 438 g/mol. The second-order valence-corrected chi connectivity index (χ2v) is 9.21. The van der Waals surface area contributed by atoms with Crippen LogP contribution in [0.3, 0.4) is 0 Å². The first-order chi connectivity index (χ1) is 15.3. The number of carbonyl (C=O) groups is 1. The van der Waals surface area contributed by atoms with Crippen LogP contribution in [0.25, 0.3) is 5.57 Å². The molecule has 1 heterocycles. The number of aryl methyl sites for hydroxylation is 1. The third-order valence-corrected chi connectivity index (χ3v) is 5.81. The number of ether oxygens (including phenoxy) is 1. The fourth-order valence-electron chi connectivity index (χ4n) is 3.75. The third kappa shape index (κ3) is 8.86. The van der Waals surface area contributed by atoms with Gasteiger partial charge in [0, 0.05) is 11.6 Å². The van der Waals surface area contributed by atoms with E-state index in [1.807, 2.05) is 45.2 Å². The lowest BCUT2D eigenvalue weighted by Crippen LogP contribution is -2.43. The number of nitrogens with one attached hydrogen (secondary N) is 1. The summed E-state index contributed by atoms with van der Waals surface area (Å²) in [6.07, 6.45) is 12.7. The summed E-state index contributed by atoms with van der Waals surface area (Å²) in [4.78, 5) is 12.4. The summed E-state index contributed by atoms with van der Waals surface area (Å²) >= 11 is 0. The first-order valence-electron chi connectivity index (χ1n) is 12.0. The Balaban J connectivity index is 1.77. The van der Waals surface area contributed by atoms with Crippen LogP contribution in [0.4, 0.5) is 4.79 Å². The van der Waals surface area contributed by atoms with E-state index in [4.69, 9.17) is 4.74 Å². The van der Waals surface area contributed by atoms with Crippen LogP contribution in [0.1, 0.15) is 82.9 Å². The molecule has 0 saturated heterocycles. The summed E-state index contributed by atoms with van der Waals surface area (Å²) in [5.41, 5.74) is 3.90. The first-order valence-corrected chi connectivity index (χ1v) is 12.0. The maximum Gasteiger partial charge on any atom is 0.408 e. The molecule has 0 radical (unpaired) electrons. The van der Waals surface area contributed by atoms with E-state index in [0.29, 0.717) is 13.2 Å². The van der Waals surface area contributed by atoms with Crippen molar-refractivity contribution in [3.8, 4) is 0 Å². The molecule has 1 amide bonds. The Kier molecular flexibility index (Phi) is 10.5. The van der Waals surface area contributed by atoms with Crippen LogP contribution < -0.4 is 9.88 Å². The summed E-state index contributed by atoms with van der Waals surface area (Å²) in [6.45, 7) is 13.2. The van der Waals surface area contributed by atoms with Crippen LogP contribution in [-0.4, -0.2) is 12.7 Å². The number of carbonyl (C=O) groups excluding carboxylic acids is 1. The molecule has 1 aromatic heterocycles. The lowest BCUT2D eigenvalue weighted by atomic mass is 9.92. The Hall–Kier alpha value is -2.62. The molecular formula is C28H41N2O2+. The van der Waals surface area contributed by atoms with E-state index in [2.05, 4.69) is 47.8 Å². The summed E-state index contributed by atoms with van der Waals surface area (Å²) in [5, 5.41) is 2.99. The van der Waals surface area contributed by atoms with Gasteiger partial charge in [0.2, 0.25) is 0 Å². The summed E-state index contributed by atoms with van der Waals surface area (Å²) in [7, 11) is 0. The Morgan fingerprint density at radius 1 is 1.09 bits per heavy atom. The number of unbranched alkanes of at least 4 members (excludes halogenated alkanes) is 5. The van der Waals surface area contributed by atoms with Gasteiger partial charge in [0.25, 0.3) is 0 Å². The number of hydrogen-bond acceptors (Lipinski definition) is 2. The smallest absolute Gasteiger partial charge is 0.408 e. The Bertz CT molecular complexity index is 873. The monoisotopic (exact) mass is 437 g/mol. The van der Waals surface area contributed by atoms with E-state index in [-0.39, 0.29) is 0 Å². The number of benzene rings is 1. The molecule has 0 atom stereocenters. The van der Waals surface area contributed by atoms with Crippen molar-refractivity contribution in [2.45, 2.75) is 84.7 Å². The lowest BCUT2D eigenvalue weighted by Gasteiger charge is -2.27. The minimum Gasteiger partial charge on any atom is -0.443 e. The number of hydrogen-bond donors (Lipinski definition) is 1. The Morgan fingerprint density at radius 2 is 1.84 bits per heavy atom. The molecule has 1 N–H and O–H groups in total. The Labute approximate surface area is 194 Å². The fourth-order valence-corrected chi connectivity index (χ4v) is 3.75. The molecule has 0 unspecified atom stereocenters. The van der Waals surface area contributed by atoms with Crippen LogP contribution in [0.5, 0.6) is 0 Å². The van der Waals surface area contributed by atoms with Gasteiger partial charge >= 0.3 is 6.09 Å². The molecule has 0 fully saturated rings. The first kappa shape index (κ1) is 25.6. The van der Waals surface area contributed by atoms with E-state index in [1.165, 1.54) is 44.1 Å². The molecule has 0 aliphatic heterocycles. The minimum atomic E-state index is -0.535. The molecule has 0 aliphatic carbocycles. The normalized spacial score (nSPS) is 11.2. The maximum absolute atomic E-state index is 12.4. The van der Waals surface area contributed by atoms with Gasteiger partial charge in [-0.25, -0.2) is 9.36 Å². The second-order valence-electron chi connectivity index (χ2n) is 9.21. The molecule has 0 spiro atoms. The van der Waals surface area contributed by atoms with E-state index in [1.54, 1.807) is 0 Å². The molecule has 174 valence electrons. The zero-order valence-corrected chi connectivity index (χ0v) is 20.5. The van der Waals surface area contributed by atoms with Crippen LogP contribution in [0.2, 0.25) is 0 Å². The maximum atomic E-state index is 12.4. The van der Waals surface area contributed by atoms with Gasteiger partial charge in [-0.05, 0) is 56.9 Å². The largest absolute Gasteiger partial charge is 0.443 e. The molecule has 4 nitrogen and oxygen atoms in total. The minimum absolute atomic E-state index is 0.332. The van der Waals surface area contributed by atoms with Gasteiger partial charge in [0.15, 0.2) is 25.5 Å². The number of allylic oxidation sites excluding steroid dienone is 1. The molecule has 2 rings (SSSR count). The van der Waals surface area contributed by atoms with Gasteiger partial charge in [-0.1, -0.05) is 69.4 Å². The van der Waals surface area contributed by atoms with Crippen molar-refractivity contribution in [1.29, 1.82) is 0 Å². The summed E-state index contributed by atoms with van der Waals surface area (Å²) < 4.78 is 7.57. The average Bonchev–Trinajstić information content (AvgIpc) is 2.76. The number of rotatable bonds is 13. The van der Waals surface area contributed by atoms with E-state index in [9.17, 15) is 4.79 Å². The Morgan fingerprint density at radius 3 is 2.59 bits per heavy atom. The van der Waals surface area contributed by atoms with Crippen LogP contribution in [-0.2, 0) is 23.2 Å². The van der Waals surface area contributed by atoms with Crippen molar-refractivity contribution in [3.05, 3.63) is 72.1 Å². The van der Waals surface area contributed by atoms with Crippen LogP contribution in [0.15, 0.2) is 55.4 Å². The SMILES string of the molecule is C=C(C)c1cccc(C(C)(C)NC(=O)OCC[n+]2cccc(CCCCCCCC)c2)c1. The van der Waals surface area contributed by atoms with E-state index in [0.717, 1.165) is 23.1 Å². The van der Waals surface area contributed by atoms with Crippen molar-refractivity contribution < 1.29 is 14.1 Å². The molecule has 0 saturated carbocycles. The van der Waals surface area contributed by atoms with Gasteiger partial charge in [0.1, 0.15) is 0 Å². The van der Waals surface area contributed by atoms with Crippen LogP contribution >= 0.6 is 0 Å². The predicted octanol–water partition coefficient (Wildman–Crippen LogP) is 6.57. The van der Waals surface area contributed by atoms with Gasteiger partial charge in [0.05, 0.1) is 5.54 Å². The lowest BCUT2D eigenvalue weighted by molar-refractivity contribution is -0.698. The molecule has 0 bridgehead atoms. The summed E-state index contributed by atoms with van der Waals surface area (Å²) in [6, 6.07) is 12.3. The number of nitrogens with zero attached hydrogens (tertiary/aromatic N) is 1. The predicted molar refractivity (Wildman–Crippen MR) is 132 cm³/mol. The van der Waals surface area contributed by atoms with Gasteiger partial charge in [-0.2, -0.15) is 0 Å². The molecule has 4 heteroatoms. The van der Waals surface area contributed by atoms with Crippen molar-refractivity contribution in [2.24, 2.45) is 0 Å². The van der Waals surface area contributed by atoms with E-state index >= 15 is 0 Å². The van der Waals surface area contributed by atoms with Gasteiger partial charge < -0.3 is 10.1 Å². The van der Waals surface area contributed by atoms with Gasteiger partial charge in [-0.15, -0.1) is 0 Å². The molecular weight excluding hydrogens is 396 g/mol. The number of alkyl carbamates (subject to hydrolysis) is 1. The van der Waals surface area contributed by atoms with Crippen molar-refractivity contribution in [3.63, 3.8) is 0 Å². The standard InChI is InChI=1S/C28H40N2O2/c1-6-7-8-9-10-11-14-24-15-13-18-30(22-24)19-20-32-27(31)29-28(4,5)26-17-12-16-25(21-26)23(2)3/h12-13,15-18,21-22H,2,6-11,14,19-20H2,1,3-5H3/p+1. The highest BCUT2D eigenvalue weighted by Gasteiger charge is 2.24.